The molecule has 1 rings (SSSR count). The zero-order valence-corrected chi connectivity index (χ0v) is 12.1. The molecule has 0 spiro atoms. The van der Waals surface area contributed by atoms with Gasteiger partial charge in [-0.3, -0.25) is 4.79 Å². The minimum Gasteiger partial charge on any atom is -0.321 e. The Morgan fingerprint density at radius 1 is 0.667 bits per heavy atom. The molecule has 1 amide bonds. The summed E-state index contributed by atoms with van der Waals surface area (Å²) in [5.74, 6) is -16.9. The number of rotatable bonds is 3. The SMILES string of the molecule is O=C(Nc1cc(C(F)(F)F)cc(C(F)(F)F)c1)C(F)(F)C(F)(F)C(F)(F)F. The molecule has 27 heavy (non-hydrogen) atoms. The molecular weight excluding hydrogens is 421 g/mol. The number of halogens is 13. The van der Waals surface area contributed by atoms with Gasteiger partial charge in [-0.1, -0.05) is 0 Å². The van der Waals surface area contributed by atoms with E-state index in [4.69, 9.17) is 0 Å². The zero-order valence-electron chi connectivity index (χ0n) is 12.1. The Morgan fingerprint density at radius 3 is 1.33 bits per heavy atom. The van der Waals surface area contributed by atoms with Gasteiger partial charge in [0.1, 0.15) is 0 Å². The number of hydrogen-bond donors (Lipinski definition) is 1. The summed E-state index contributed by atoms with van der Waals surface area (Å²) in [6, 6.07) is -1.19. The first-order valence-corrected chi connectivity index (χ1v) is 6.14. The summed E-state index contributed by atoms with van der Waals surface area (Å²) in [5.41, 5.74) is -5.98. The van der Waals surface area contributed by atoms with E-state index in [0.29, 0.717) is 5.32 Å². The van der Waals surface area contributed by atoms with Crippen LogP contribution in [0.3, 0.4) is 0 Å². The highest BCUT2D eigenvalue weighted by Gasteiger charge is 2.76. The highest BCUT2D eigenvalue weighted by atomic mass is 19.4. The van der Waals surface area contributed by atoms with Crippen LogP contribution in [0.5, 0.6) is 0 Å². The van der Waals surface area contributed by atoms with Gasteiger partial charge in [0, 0.05) is 5.69 Å². The minimum atomic E-state index is -6.95. The van der Waals surface area contributed by atoms with Crippen LogP contribution in [-0.2, 0) is 17.1 Å². The fraction of sp³-hybridized carbons (Fsp3) is 0.417. The second-order valence-electron chi connectivity index (χ2n) is 4.90. The average Bonchev–Trinajstić information content (AvgIpc) is 2.43. The van der Waals surface area contributed by atoms with Gasteiger partial charge in [-0.25, -0.2) is 0 Å². The fourth-order valence-electron chi connectivity index (χ4n) is 1.56. The number of hydrogen-bond acceptors (Lipinski definition) is 1. The monoisotopic (exact) mass is 425 g/mol. The highest BCUT2D eigenvalue weighted by molar-refractivity contribution is 5.97. The number of amides is 1. The molecule has 15 heteroatoms. The maximum Gasteiger partial charge on any atom is 0.460 e. The Hall–Kier alpha value is -2.22. The smallest absolute Gasteiger partial charge is 0.321 e. The van der Waals surface area contributed by atoms with Crippen LogP contribution in [0.4, 0.5) is 62.8 Å². The van der Waals surface area contributed by atoms with Crippen molar-refractivity contribution in [3.8, 4) is 0 Å². The van der Waals surface area contributed by atoms with Gasteiger partial charge >= 0.3 is 36.3 Å². The molecular formula is C12H4F13NO. The lowest BCUT2D eigenvalue weighted by molar-refractivity contribution is -0.343. The van der Waals surface area contributed by atoms with Crippen LogP contribution < -0.4 is 5.32 Å². The van der Waals surface area contributed by atoms with Crippen molar-refractivity contribution in [3.63, 3.8) is 0 Å². The molecule has 0 aliphatic rings. The van der Waals surface area contributed by atoms with E-state index in [1.165, 1.54) is 0 Å². The molecule has 0 saturated heterocycles. The van der Waals surface area contributed by atoms with Crippen molar-refractivity contribution in [1.29, 1.82) is 0 Å². The predicted octanol–water partition coefficient (Wildman–Crippen LogP) is 5.50. The normalized spacial score (nSPS) is 14.3. The highest BCUT2D eigenvalue weighted by Crippen LogP contribution is 2.47. The zero-order chi connectivity index (χ0) is 21.6. The summed E-state index contributed by atoms with van der Waals surface area (Å²) >= 11 is 0. The first kappa shape index (κ1) is 22.8. The van der Waals surface area contributed by atoms with E-state index in [2.05, 4.69) is 0 Å². The van der Waals surface area contributed by atoms with Gasteiger partial charge in [-0.2, -0.15) is 57.1 Å². The summed E-state index contributed by atoms with van der Waals surface area (Å²) in [7, 11) is 0. The van der Waals surface area contributed by atoms with Crippen LogP contribution in [0, 0.1) is 0 Å². The van der Waals surface area contributed by atoms with E-state index in [9.17, 15) is 61.9 Å². The van der Waals surface area contributed by atoms with Gasteiger partial charge in [-0.15, -0.1) is 0 Å². The molecule has 0 atom stereocenters. The van der Waals surface area contributed by atoms with Crippen LogP contribution in [0.1, 0.15) is 11.1 Å². The lowest BCUT2D eigenvalue weighted by Crippen LogP contribution is -2.57. The molecule has 1 aromatic carbocycles. The molecule has 0 heterocycles. The van der Waals surface area contributed by atoms with E-state index < -0.39 is 59.2 Å². The van der Waals surface area contributed by atoms with E-state index in [-0.39, 0.29) is 12.1 Å². The van der Waals surface area contributed by atoms with Crippen molar-refractivity contribution in [3.05, 3.63) is 29.3 Å². The predicted molar refractivity (Wildman–Crippen MR) is 61.0 cm³/mol. The second-order valence-corrected chi connectivity index (χ2v) is 4.90. The summed E-state index contributed by atoms with van der Waals surface area (Å²) < 4.78 is 163. The summed E-state index contributed by atoms with van der Waals surface area (Å²) in [5, 5.41) is 0.516. The Balaban J connectivity index is 3.38. The molecule has 154 valence electrons. The van der Waals surface area contributed by atoms with Crippen LogP contribution in [0.2, 0.25) is 0 Å². The minimum absolute atomic E-state index is 0.352. The van der Waals surface area contributed by atoms with Crippen molar-refractivity contribution in [1.82, 2.24) is 0 Å². The van der Waals surface area contributed by atoms with E-state index in [1.807, 2.05) is 0 Å². The Bertz CT molecular complexity index is 681. The van der Waals surface area contributed by atoms with Gasteiger partial charge in [-0.05, 0) is 18.2 Å². The molecule has 0 aromatic heterocycles. The van der Waals surface area contributed by atoms with Gasteiger partial charge in [0.15, 0.2) is 0 Å². The van der Waals surface area contributed by atoms with Gasteiger partial charge < -0.3 is 5.32 Å². The largest absolute Gasteiger partial charge is 0.460 e. The van der Waals surface area contributed by atoms with Crippen molar-refractivity contribution in [2.24, 2.45) is 0 Å². The average molecular weight is 425 g/mol. The van der Waals surface area contributed by atoms with Crippen LogP contribution in [-0.4, -0.2) is 23.9 Å². The third kappa shape index (κ3) is 4.55. The lowest BCUT2D eigenvalue weighted by Gasteiger charge is -2.27. The van der Waals surface area contributed by atoms with Crippen molar-refractivity contribution in [2.45, 2.75) is 30.4 Å². The first-order chi connectivity index (χ1) is 11.7. The standard InChI is InChI=1S/C12H4F13NO/c13-8(14,11(21,22)12(23,24)25)7(27)26-6-2-4(9(15,16)17)1-5(3-6)10(18,19)20/h1-3H,(H,26,27). The third-order valence-electron chi connectivity index (χ3n) is 2.88. The van der Waals surface area contributed by atoms with Crippen molar-refractivity contribution >= 4 is 11.6 Å². The van der Waals surface area contributed by atoms with E-state index in [1.54, 1.807) is 0 Å². The number of nitrogens with one attached hydrogen (secondary N) is 1. The number of alkyl halides is 13. The third-order valence-corrected chi connectivity index (χ3v) is 2.88. The molecule has 1 aromatic rings. The number of anilines is 1. The Labute approximate surface area is 139 Å². The Kier molecular flexibility index (Phi) is 5.44. The second kappa shape index (κ2) is 6.44. The maximum atomic E-state index is 13.1. The summed E-state index contributed by atoms with van der Waals surface area (Å²) in [6.45, 7) is 0. The molecule has 0 bridgehead atoms. The maximum absolute atomic E-state index is 13.1. The topological polar surface area (TPSA) is 29.1 Å². The lowest BCUT2D eigenvalue weighted by atomic mass is 10.1. The molecule has 2 nitrogen and oxygen atoms in total. The summed E-state index contributed by atoms with van der Waals surface area (Å²) in [6.07, 6.45) is -17.9. The van der Waals surface area contributed by atoms with Crippen molar-refractivity contribution < 1.29 is 61.9 Å². The quantitative estimate of drug-likeness (QED) is 0.638. The van der Waals surface area contributed by atoms with Gasteiger partial charge in [0.2, 0.25) is 0 Å². The van der Waals surface area contributed by atoms with E-state index in [0.717, 1.165) is 0 Å². The molecule has 1 N–H and O–H groups in total. The number of carbonyl (C=O) groups is 1. The van der Waals surface area contributed by atoms with Crippen LogP contribution in [0.15, 0.2) is 18.2 Å². The Morgan fingerprint density at radius 2 is 1.04 bits per heavy atom. The summed E-state index contributed by atoms with van der Waals surface area (Å²) in [4.78, 5) is 11.0. The van der Waals surface area contributed by atoms with Gasteiger partial charge in [0.25, 0.3) is 0 Å². The molecule has 0 fully saturated rings. The number of carbonyl (C=O) groups excluding carboxylic acids is 1. The number of benzene rings is 1. The molecule has 0 aliphatic heterocycles. The van der Waals surface area contributed by atoms with Crippen LogP contribution in [0.25, 0.3) is 0 Å². The molecule has 0 unspecified atom stereocenters. The van der Waals surface area contributed by atoms with E-state index >= 15 is 0 Å². The molecule has 0 saturated carbocycles. The van der Waals surface area contributed by atoms with Crippen LogP contribution >= 0.6 is 0 Å². The fourth-order valence-corrected chi connectivity index (χ4v) is 1.56. The molecule has 0 radical (unpaired) electrons. The van der Waals surface area contributed by atoms with Crippen molar-refractivity contribution in [2.75, 3.05) is 5.32 Å². The molecule has 0 aliphatic carbocycles. The first-order valence-electron chi connectivity index (χ1n) is 6.14. The van der Waals surface area contributed by atoms with Gasteiger partial charge in [0.05, 0.1) is 11.1 Å².